The van der Waals surface area contributed by atoms with Crippen molar-refractivity contribution < 1.29 is 47.0 Å². The largest absolute Gasteiger partial charge is 0.513 e. The van der Waals surface area contributed by atoms with Crippen molar-refractivity contribution in [3.05, 3.63) is 34.4 Å². The average Bonchev–Trinajstić information content (AvgIpc) is 2.67. The van der Waals surface area contributed by atoms with E-state index in [1.807, 2.05) is 0 Å². The second kappa shape index (κ2) is 11.8. The summed E-state index contributed by atoms with van der Waals surface area (Å²) in [4.78, 5) is 43.8. The molecule has 0 atom stereocenters. The minimum atomic E-state index is -3.73. The SMILES string of the molecule is CC(C)(CNNC(=O)OCCS(=O)(=O)CCOC(=O)Oc1ccc([N+](=O)[O-])cc1)C(=O)O. The van der Waals surface area contributed by atoms with Crippen molar-refractivity contribution in [3.8, 4) is 5.75 Å². The van der Waals surface area contributed by atoms with Crippen molar-refractivity contribution >= 4 is 33.7 Å². The number of nitrogens with one attached hydrogen (secondary N) is 2. The number of non-ortho nitro benzene ring substituents is 1. The summed E-state index contributed by atoms with van der Waals surface area (Å²) in [6, 6.07) is 4.59. The molecule has 1 aromatic rings. The molecular formula is C17H23N3O11S. The van der Waals surface area contributed by atoms with Gasteiger partial charge in [0.2, 0.25) is 0 Å². The van der Waals surface area contributed by atoms with Gasteiger partial charge in [0, 0.05) is 18.7 Å². The van der Waals surface area contributed by atoms with Gasteiger partial charge in [0.25, 0.3) is 5.69 Å². The van der Waals surface area contributed by atoms with Crippen LogP contribution in [0.25, 0.3) is 0 Å². The minimum Gasteiger partial charge on any atom is -0.481 e. The zero-order valence-electron chi connectivity index (χ0n) is 17.2. The quantitative estimate of drug-likeness (QED) is 0.166. The summed E-state index contributed by atoms with van der Waals surface area (Å²) in [5, 5.41) is 19.5. The average molecular weight is 477 g/mol. The molecule has 0 aromatic heterocycles. The Bertz CT molecular complexity index is 930. The number of carbonyl (C=O) groups excluding carboxylic acids is 2. The van der Waals surface area contributed by atoms with Crippen LogP contribution in [0.1, 0.15) is 13.8 Å². The Kier molecular flexibility index (Phi) is 9.80. The zero-order chi connectivity index (χ0) is 24.4. The van der Waals surface area contributed by atoms with Crippen molar-refractivity contribution in [2.75, 3.05) is 31.3 Å². The van der Waals surface area contributed by atoms with Gasteiger partial charge >= 0.3 is 18.2 Å². The molecule has 1 aromatic carbocycles. The predicted octanol–water partition coefficient (Wildman–Crippen LogP) is 0.867. The Hall–Kier alpha value is -3.46. The number of hydrazine groups is 1. The van der Waals surface area contributed by atoms with Gasteiger partial charge in [-0.05, 0) is 26.0 Å². The topological polar surface area (TPSA) is 200 Å². The molecule has 0 aliphatic carbocycles. The van der Waals surface area contributed by atoms with Crippen LogP contribution in [0.15, 0.2) is 24.3 Å². The third-order valence-electron chi connectivity index (χ3n) is 3.79. The first kappa shape index (κ1) is 26.6. The van der Waals surface area contributed by atoms with E-state index < -0.39 is 63.1 Å². The Labute approximate surface area is 182 Å². The summed E-state index contributed by atoms with van der Waals surface area (Å²) in [6.45, 7) is 1.78. The highest BCUT2D eigenvalue weighted by atomic mass is 32.2. The van der Waals surface area contributed by atoms with E-state index >= 15 is 0 Å². The number of nitrogens with zero attached hydrogens (tertiary/aromatic N) is 1. The lowest BCUT2D eigenvalue weighted by molar-refractivity contribution is -0.384. The van der Waals surface area contributed by atoms with Crippen LogP contribution in [-0.4, -0.2) is 67.9 Å². The van der Waals surface area contributed by atoms with E-state index in [1.54, 1.807) is 0 Å². The third kappa shape index (κ3) is 10.0. The van der Waals surface area contributed by atoms with Gasteiger partial charge in [0.15, 0.2) is 9.84 Å². The summed E-state index contributed by atoms with van der Waals surface area (Å²) in [7, 11) is -3.73. The Balaban J connectivity index is 2.26. The molecule has 3 N–H and O–H groups in total. The van der Waals surface area contributed by atoms with Crippen molar-refractivity contribution in [2.24, 2.45) is 5.41 Å². The second-order valence-electron chi connectivity index (χ2n) is 6.91. The van der Waals surface area contributed by atoms with Gasteiger partial charge in [0.1, 0.15) is 19.0 Å². The first-order valence-electron chi connectivity index (χ1n) is 9.01. The molecule has 0 bridgehead atoms. The van der Waals surface area contributed by atoms with E-state index in [-0.39, 0.29) is 18.0 Å². The van der Waals surface area contributed by atoms with E-state index in [9.17, 15) is 32.9 Å². The molecule has 0 unspecified atom stereocenters. The van der Waals surface area contributed by atoms with E-state index in [0.29, 0.717) is 0 Å². The number of benzene rings is 1. The number of carbonyl (C=O) groups is 3. The first-order valence-corrected chi connectivity index (χ1v) is 10.8. The molecule has 0 spiro atoms. The fraction of sp³-hybridized carbons (Fsp3) is 0.471. The molecular weight excluding hydrogens is 454 g/mol. The molecule has 0 saturated heterocycles. The summed E-state index contributed by atoms with van der Waals surface area (Å²) < 4.78 is 37.8. The van der Waals surface area contributed by atoms with Crippen LogP contribution in [0.3, 0.4) is 0 Å². The van der Waals surface area contributed by atoms with Gasteiger partial charge < -0.3 is 19.3 Å². The highest BCUT2D eigenvalue weighted by Gasteiger charge is 2.26. The van der Waals surface area contributed by atoms with Gasteiger partial charge in [-0.3, -0.25) is 20.3 Å². The molecule has 0 heterocycles. The smallest absolute Gasteiger partial charge is 0.481 e. The number of carboxylic acid groups (broad SMARTS) is 1. The molecule has 0 aliphatic heterocycles. The lowest BCUT2D eigenvalue weighted by Gasteiger charge is -2.19. The van der Waals surface area contributed by atoms with E-state index in [2.05, 4.69) is 20.3 Å². The van der Waals surface area contributed by atoms with E-state index in [4.69, 9.17) is 9.84 Å². The lowest BCUT2D eigenvalue weighted by Crippen LogP contribution is -2.45. The highest BCUT2D eigenvalue weighted by Crippen LogP contribution is 2.17. The number of hydrogen-bond acceptors (Lipinski definition) is 11. The number of carboxylic acids is 1. The predicted molar refractivity (Wildman–Crippen MR) is 108 cm³/mol. The molecule has 1 amide bonds. The number of aliphatic carboxylic acids is 1. The van der Waals surface area contributed by atoms with Crippen LogP contribution >= 0.6 is 0 Å². The number of amides is 1. The molecule has 1 rings (SSSR count). The molecule has 15 heteroatoms. The van der Waals surface area contributed by atoms with Gasteiger partial charge in [-0.15, -0.1) is 0 Å². The Morgan fingerprint density at radius 1 is 1.09 bits per heavy atom. The normalized spacial score (nSPS) is 11.3. The fourth-order valence-corrected chi connectivity index (χ4v) is 2.70. The second-order valence-corrected chi connectivity index (χ2v) is 9.21. The Morgan fingerprint density at radius 3 is 2.19 bits per heavy atom. The molecule has 0 radical (unpaired) electrons. The lowest BCUT2D eigenvalue weighted by atomic mass is 9.94. The molecule has 0 fully saturated rings. The van der Waals surface area contributed by atoms with Gasteiger partial charge in [0.05, 0.1) is 21.8 Å². The van der Waals surface area contributed by atoms with Crippen LogP contribution < -0.4 is 15.6 Å². The number of hydrogen-bond donors (Lipinski definition) is 3. The number of ether oxygens (including phenoxy) is 3. The molecule has 32 heavy (non-hydrogen) atoms. The standard InChI is InChI=1S/C17H23N3O11S/c1-17(2,14(21)22)11-18-19-15(23)29-7-9-32(27,28)10-8-30-16(24)31-13-5-3-12(4-6-13)20(25)26/h3-6,18H,7-11H2,1-2H3,(H,19,23)(H,21,22). The summed E-state index contributed by atoms with van der Waals surface area (Å²) in [5.74, 6) is -2.20. The summed E-state index contributed by atoms with van der Waals surface area (Å²) in [6.07, 6.45) is -2.19. The number of nitro benzene ring substituents is 1. The fourth-order valence-electron chi connectivity index (χ4n) is 1.83. The first-order chi connectivity index (χ1) is 14.8. The van der Waals surface area contributed by atoms with Crippen molar-refractivity contribution in [1.29, 1.82) is 0 Å². The highest BCUT2D eigenvalue weighted by molar-refractivity contribution is 7.91. The van der Waals surface area contributed by atoms with Gasteiger partial charge in [-0.1, -0.05) is 0 Å². The summed E-state index contributed by atoms with van der Waals surface area (Å²) >= 11 is 0. The maximum atomic E-state index is 11.9. The molecule has 0 saturated carbocycles. The van der Waals surface area contributed by atoms with Crippen LogP contribution in [0.2, 0.25) is 0 Å². The number of rotatable bonds is 12. The molecule has 178 valence electrons. The van der Waals surface area contributed by atoms with Gasteiger partial charge in [-0.25, -0.2) is 23.4 Å². The molecule has 14 nitrogen and oxygen atoms in total. The minimum absolute atomic E-state index is 0.0248. The maximum absolute atomic E-state index is 11.9. The van der Waals surface area contributed by atoms with Gasteiger partial charge in [-0.2, -0.15) is 0 Å². The van der Waals surface area contributed by atoms with Crippen LogP contribution in [0, 0.1) is 15.5 Å². The Morgan fingerprint density at radius 2 is 1.66 bits per heavy atom. The number of sulfone groups is 1. The maximum Gasteiger partial charge on any atom is 0.513 e. The summed E-state index contributed by atoms with van der Waals surface area (Å²) in [5.41, 5.74) is 3.10. The zero-order valence-corrected chi connectivity index (χ0v) is 18.0. The monoisotopic (exact) mass is 477 g/mol. The van der Waals surface area contributed by atoms with E-state index in [1.165, 1.54) is 26.0 Å². The van der Waals surface area contributed by atoms with Crippen molar-refractivity contribution in [1.82, 2.24) is 10.9 Å². The third-order valence-corrected chi connectivity index (χ3v) is 5.37. The van der Waals surface area contributed by atoms with Crippen molar-refractivity contribution in [2.45, 2.75) is 13.8 Å². The van der Waals surface area contributed by atoms with Crippen LogP contribution in [0.5, 0.6) is 5.75 Å². The van der Waals surface area contributed by atoms with Crippen LogP contribution in [-0.2, 0) is 24.1 Å². The number of nitro groups is 1. The van der Waals surface area contributed by atoms with Crippen molar-refractivity contribution in [3.63, 3.8) is 0 Å². The van der Waals surface area contributed by atoms with Crippen LogP contribution in [0.4, 0.5) is 15.3 Å². The molecule has 0 aliphatic rings. The van der Waals surface area contributed by atoms with E-state index in [0.717, 1.165) is 12.1 Å².